The molecule has 3 aliphatic rings. The zero-order valence-corrected chi connectivity index (χ0v) is 9.90. The van der Waals surface area contributed by atoms with E-state index in [0.717, 1.165) is 44.3 Å². The maximum Gasteiger partial charge on any atom is 0.226 e. The van der Waals surface area contributed by atoms with Crippen LogP contribution in [0.15, 0.2) is 0 Å². The Morgan fingerprint density at radius 2 is 1.75 bits per heavy atom. The Morgan fingerprint density at radius 1 is 1.12 bits per heavy atom. The highest BCUT2D eigenvalue weighted by Gasteiger charge is 2.57. The van der Waals surface area contributed by atoms with Crippen molar-refractivity contribution in [2.75, 3.05) is 19.6 Å². The molecular formula is C13H22N2O. The molecule has 0 aromatic rings. The van der Waals surface area contributed by atoms with E-state index in [-0.39, 0.29) is 0 Å². The Morgan fingerprint density at radius 3 is 2.31 bits per heavy atom. The predicted molar refractivity (Wildman–Crippen MR) is 62.7 cm³/mol. The van der Waals surface area contributed by atoms with Gasteiger partial charge in [-0.1, -0.05) is 6.42 Å². The van der Waals surface area contributed by atoms with Crippen LogP contribution in [-0.4, -0.2) is 30.4 Å². The molecule has 0 bridgehead atoms. The molecule has 2 aliphatic carbocycles. The second-order valence-electron chi connectivity index (χ2n) is 5.79. The smallest absolute Gasteiger partial charge is 0.226 e. The van der Waals surface area contributed by atoms with Crippen LogP contribution in [0.25, 0.3) is 0 Å². The Labute approximate surface area is 97.4 Å². The summed E-state index contributed by atoms with van der Waals surface area (Å²) in [5, 5.41) is 0. The topological polar surface area (TPSA) is 46.3 Å². The van der Waals surface area contributed by atoms with Crippen LogP contribution in [0, 0.1) is 23.7 Å². The first-order valence-corrected chi connectivity index (χ1v) is 6.80. The molecule has 0 spiro atoms. The molecular weight excluding hydrogens is 200 g/mol. The summed E-state index contributed by atoms with van der Waals surface area (Å²) in [5.74, 6) is 3.07. The van der Waals surface area contributed by atoms with Gasteiger partial charge in [0.25, 0.3) is 0 Å². The van der Waals surface area contributed by atoms with E-state index in [1.807, 2.05) is 0 Å². The van der Waals surface area contributed by atoms with Crippen molar-refractivity contribution in [2.24, 2.45) is 29.4 Å². The average Bonchev–Trinajstić information content (AvgIpc) is 2.81. The summed E-state index contributed by atoms with van der Waals surface area (Å²) < 4.78 is 0. The summed E-state index contributed by atoms with van der Waals surface area (Å²) in [6.07, 6.45) is 6.20. The monoisotopic (exact) mass is 222 g/mol. The highest BCUT2D eigenvalue weighted by Crippen LogP contribution is 2.58. The van der Waals surface area contributed by atoms with Crippen molar-refractivity contribution in [3.8, 4) is 0 Å². The van der Waals surface area contributed by atoms with Gasteiger partial charge in [-0.15, -0.1) is 0 Å². The zero-order valence-electron chi connectivity index (χ0n) is 9.90. The number of carbonyl (C=O) groups excluding carboxylic acids is 1. The predicted octanol–water partition coefficient (Wildman–Crippen LogP) is 1.23. The van der Waals surface area contributed by atoms with Crippen molar-refractivity contribution < 1.29 is 4.79 Å². The first-order valence-electron chi connectivity index (χ1n) is 6.80. The van der Waals surface area contributed by atoms with Gasteiger partial charge >= 0.3 is 0 Å². The molecule has 1 aliphatic heterocycles. The molecule has 2 unspecified atom stereocenters. The van der Waals surface area contributed by atoms with Crippen LogP contribution in [0.4, 0.5) is 0 Å². The van der Waals surface area contributed by atoms with Crippen molar-refractivity contribution >= 4 is 5.91 Å². The molecule has 3 nitrogen and oxygen atoms in total. The molecule has 90 valence electrons. The van der Waals surface area contributed by atoms with E-state index in [1.54, 1.807) is 0 Å². The second kappa shape index (κ2) is 4.02. The Hall–Kier alpha value is -0.570. The molecule has 3 heteroatoms. The van der Waals surface area contributed by atoms with Crippen LogP contribution in [0.3, 0.4) is 0 Å². The minimum atomic E-state index is 0.420. The molecule has 1 heterocycles. The van der Waals surface area contributed by atoms with Gasteiger partial charge in [-0.25, -0.2) is 0 Å². The van der Waals surface area contributed by atoms with Crippen molar-refractivity contribution in [3.05, 3.63) is 0 Å². The quantitative estimate of drug-likeness (QED) is 0.764. The van der Waals surface area contributed by atoms with Crippen LogP contribution in [0.2, 0.25) is 0 Å². The first kappa shape index (κ1) is 10.6. The fourth-order valence-electron chi connectivity index (χ4n) is 3.79. The van der Waals surface area contributed by atoms with E-state index in [2.05, 4.69) is 4.90 Å². The van der Waals surface area contributed by atoms with Crippen LogP contribution in [0.1, 0.15) is 32.1 Å². The maximum absolute atomic E-state index is 12.3. The molecule has 3 rings (SSSR count). The largest absolute Gasteiger partial charge is 0.342 e. The minimum Gasteiger partial charge on any atom is -0.342 e. The summed E-state index contributed by atoms with van der Waals surface area (Å²) >= 11 is 0. The number of hydrogen-bond acceptors (Lipinski definition) is 2. The normalized spacial score (nSPS) is 38.6. The van der Waals surface area contributed by atoms with Crippen molar-refractivity contribution in [2.45, 2.75) is 32.1 Å². The number of carbonyl (C=O) groups is 1. The number of fused-ring (bicyclic) bond motifs is 1. The number of hydrogen-bond donors (Lipinski definition) is 1. The fourth-order valence-corrected chi connectivity index (χ4v) is 3.79. The van der Waals surface area contributed by atoms with Crippen molar-refractivity contribution in [3.63, 3.8) is 0 Å². The number of nitrogens with zero attached hydrogens (tertiary/aromatic N) is 1. The second-order valence-corrected chi connectivity index (χ2v) is 5.79. The number of likely N-dealkylation sites (tertiary alicyclic amines) is 1. The number of piperidine rings is 1. The number of amides is 1. The Bertz CT molecular complexity index is 274. The molecule has 0 aromatic carbocycles. The van der Waals surface area contributed by atoms with Crippen LogP contribution in [0.5, 0.6) is 0 Å². The van der Waals surface area contributed by atoms with Gasteiger partial charge in [0, 0.05) is 19.0 Å². The van der Waals surface area contributed by atoms with E-state index < -0.39 is 0 Å². The lowest BCUT2D eigenvalue weighted by Gasteiger charge is -2.32. The van der Waals surface area contributed by atoms with Crippen LogP contribution < -0.4 is 5.73 Å². The molecule has 16 heavy (non-hydrogen) atoms. The third-order valence-corrected chi connectivity index (χ3v) is 4.95. The fraction of sp³-hybridized carbons (Fsp3) is 0.923. The third-order valence-electron chi connectivity index (χ3n) is 4.95. The molecule has 2 N–H and O–H groups in total. The van der Waals surface area contributed by atoms with E-state index in [1.165, 1.54) is 19.3 Å². The summed E-state index contributed by atoms with van der Waals surface area (Å²) in [4.78, 5) is 14.4. The molecule has 1 amide bonds. The SMILES string of the molecule is NCC1CCN(C(=O)C2C3CCCC32)CC1. The van der Waals surface area contributed by atoms with Gasteiger partial charge in [0.15, 0.2) is 0 Å². The highest BCUT2D eigenvalue weighted by molar-refractivity contribution is 5.82. The Kier molecular flexibility index (Phi) is 2.66. The lowest BCUT2D eigenvalue weighted by Crippen LogP contribution is -2.41. The first-order chi connectivity index (χ1) is 7.81. The van der Waals surface area contributed by atoms with E-state index in [0.29, 0.717) is 17.7 Å². The Balaban J connectivity index is 1.53. The summed E-state index contributed by atoms with van der Waals surface area (Å²) in [5.41, 5.74) is 5.67. The van der Waals surface area contributed by atoms with Gasteiger partial charge in [0.2, 0.25) is 5.91 Å². The maximum atomic E-state index is 12.3. The van der Waals surface area contributed by atoms with E-state index in [4.69, 9.17) is 5.73 Å². The van der Waals surface area contributed by atoms with Crippen LogP contribution >= 0.6 is 0 Å². The van der Waals surface area contributed by atoms with Gasteiger partial charge in [-0.2, -0.15) is 0 Å². The lowest BCUT2D eigenvalue weighted by molar-refractivity contribution is -0.134. The number of rotatable bonds is 2. The van der Waals surface area contributed by atoms with E-state index >= 15 is 0 Å². The zero-order chi connectivity index (χ0) is 11.1. The standard InChI is InChI=1S/C13H22N2O/c14-8-9-4-6-15(7-5-9)13(16)12-10-2-1-3-11(10)12/h9-12H,1-8,14H2. The molecule has 0 radical (unpaired) electrons. The van der Waals surface area contributed by atoms with E-state index in [9.17, 15) is 4.79 Å². The molecule has 1 saturated heterocycles. The van der Waals surface area contributed by atoms with Crippen molar-refractivity contribution in [1.29, 1.82) is 0 Å². The lowest BCUT2D eigenvalue weighted by atomic mass is 9.96. The van der Waals surface area contributed by atoms with Gasteiger partial charge in [-0.05, 0) is 50.0 Å². The summed E-state index contributed by atoms with van der Waals surface area (Å²) in [6, 6.07) is 0. The average molecular weight is 222 g/mol. The van der Waals surface area contributed by atoms with Gasteiger partial charge in [0.1, 0.15) is 0 Å². The van der Waals surface area contributed by atoms with Gasteiger partial charge in [-0.3, -0.25) is 4.79 Å². The molecule has 3 fully saturated rings. The summed E-state index contributed by atoms with van der Waals surface area (Å²) in [6.45, 7) is 2.70. The number of nitrogens with two attached hydrogens (primary N) is 1. The van der Waals surface area contributed by atoms with Gasteiger partial charge < -0.3 is 10.6 Å². The highest BCUT2D eigenvalue weighted by atomic mass is 16.2. The minimum absolute atomic E-state index is 0.420. The molecule has 2 atom stereocenters. The third kappa shape index (κ3) is 1.65. The molecule has 0 aromatic heterocycles. The summed E-state index contributed by atoms with van der Waals surface area (Å²) in [7, 11) is 0. The van der Waals surface area contributed by atoms with Crippen LogP contribution in [-0.2, 0) is 4.79 Å². The van der Waals surface area contributed by atoms with Gasteiger partial charge in [0.05, 0.1) is 0 Å². The molecule has 2 saturated carbocycles. The van der Waals surface area contributed by atoms with Crippen molar-refractivity contribution in [1.82, 2.24) is 4.90 Å².